The Balaban J connectivity index is -0.0000000517. The zero-order valence-electron chi connectivity index (χ0n) is 18.0. The van der Waals surface area contributed by atoms with E-state index >= 15 is 0 Å². The van der Waals surface area contributed by atoms with Gasteiger partial charge >= 0.3 is 0 Å². The van der Waals surface area contributed by atoms with E-state index in [1.165, 1.54) is 16.7 Å². The van der Waals surface area contributed by atoms with Gasteiger partial charge in [0.2, 0.25) is 0 Å². The smallest absolute Gasteiger partial charge is 0 e. The summed E-state index contributed by atoms with van der Waals surface area (Å²) in [6, 6.07) is 6.52. The molecule has 1 aromatic rings. The van der Waals surface area contributed by atoms with E-state index in [1.54, 1.807) is 0 Å². The van der Waals surface area contributed by atoms with Crippen molar-refractivity contribution in [3.05, 3.63) is 34.9 Å². The van der Waals surface area contributed by atoms with E-state index in [4.69, 9.17) is 0 Å². The summed E-state index contributed by atoms with van der Waals surface area (Å²) >= 11 is 0. The van der Waals surface area contributed by atoms with E-state index in [1.807, 2.05) is 41.5 Å². The van der Waals surface area contributed by atoms with Gasteiger partial charge < -0.3 is 0 Å². The first-order valence-corrected chi connectivity index (χ1v) is 8.92. The van der Waals surface area contributed by atoms with Gasteiger partial charge in [0, 0.05) is 8.41 Å². The highest BCUT2D eigenvalue weighted by atomic mass is 14.1. The lowest BCUT2D eigenvalue weighted by molar-refractivity contribution is 0.737. The van der Waals surface area contributed by atoms with Gasteiger partial charge in [0.1, 0.15) is 0 Å². The number of benzene rings is 1. The molecule has 0 saturated heterocycles. The predicted molar refractivity (Wildman–Crippen MR) is 117 cm³/mol. The number of hydrogen-bond donors (Lipinski definition) is 0. The second-order valence-corrected chi connectivity index (χ2v) is 5.18. The van der Waals surface area contributed by atoms with Crippen molar-refractivity contribution in [1.29, 1.82) is 0 Å². The first-order valence-electron chi connectivity index (χ1n) is 8.92. The fraction of sp³-hybridized carbons (Fsp3) is 0.727. The Labute approximate surface area is 153 Å². The molecule has 1 aromatic carbocycles. The molecule has 0 fully saturated rings. The van der Waals surface area contributed by atoms with Gasteiger partial charge in [-0.2, -0.15) is 0 Å². The lowest BCUT2D eigenvalue weighted by atomic mass is 9.95. The summed E-state index contributed by atoms with van der Waals surface area (Å²) in [5.41, 5.74) is 4.32. The Morgan fingerprint density at radius 2 is 1.00 bits per heavy atom. The molecule has 0 aromatic heterocycles. The van der Waals surface area contributed by atoms with Crippen molar-refractivity contribution in [3.63, 3.8) is 0 Å². The molecule has 0 heterocycles. The molecule has 139 valence electrons. The Morgan fingerprint density at radius 3 is 1.22 bits per heavy atom. The highest BCUT2D eigenvalue weighted by Gasteiger charge is 2.03. The maximum absolute atomic E-state index is 2.24. The van der Waals surface area contributed by atoms with Crippen LogP contribution in [0.5, 0.6) is 0 Å². The fourth-order valence-electron chi connectivity index (χ4n) is 1.40. The third kappa shape index (κ3) is 26.5. The largest absolute Gasteiger partial charge is 0.0776 e. The van der Waals surface area contributed by atoms with E-state index in [0.29, 0.717) is 5.92 Å². The molecule has 0 spiro atoms. The van der Waals surface area contributed by atoms with Crippen LogP contribution >= 0.6 is 0 Å². The van der Waals surface area contributed by atoms with E-state index < -0.39 is 0 Å². The summed E-state index contributed by atoms with van der Waals surface area (Å²) in [6.45, 7) is 27.3. The normalized spacial score (nSPS) is 7.43. The summed E-state index contributed by atoms with van der Waals surface area (Å²) < 4.78 is 0. The molecule has 0 bridgehead atoms. The molecule has 0 nitrogen and oxygen atoms in total. The Morgan fingerprint density at radius 1 is 0.696 bits per heavy atom. The first kappa shape index (κ1) is 38.1. The van der Waals surface area contributed by atoms with Gasteiger partial charge in [-0.15, -0.1) is 0 Å². The summed E-state index contributed by atoms with van der Waals surface area (Å²) in [7, 11) is 0. The van der Waals surface area contributed by atoms with Crippen LogP contribution in [0.3, 0.4) is 0 Å². The highest BCUT2D eigenvalue weighted by Crippen LogP contribution is 2.20. The Kier molecular flexibility index (Phi) is 48.5. The molecule has 0 amide bonds. The van der Waals surface area contributed by atoms with E-state index in [2.05, 4.69) is 66.7 Å². The summed E-state index contributed by atoms with van der Waals surface area (Å²) in [5, 5.41) is 0. The van der Waals surface area contributed by atoms with Crippen molar-refractivity contribution in [2.75, 3.05) is 0 Å². The molecule has 0 atom stereocenters. The summed E-state index contributed by atoms with van der Waals surface area (Å²) in [5.74, 6) is 1.48. The Bertz CT molecular complexity index is 285. The standard InChI is InChI=1S/C11H16.C4H10.3C2H6.CH4.B/c1-8(2)11-7-5-6-9(3)10(11)4;1-4(2)3;3*1-2;;/h5-8H,1-4H3;4H,1-3H3;3*1-2H3;1H4;. The zero-order chi connectivity index (χ0) is 18.0. The van der Waals surface area contributed by atoms with Gasteiger partial charge in [0.25, 0.3) is 0 Å². The van der Waals surface area contributed by atoms with E-state index in [-0.39, 0.29) is 15.8 Å². The van der Waals surface area contributed by atoms with Crippen LogP contribution in [0, 0.1) is 19.8 Å². The van der Waals surface area contributed by atoms with Crippen LogP contribution in [0.25, 0.3) is 0 Å². The van der Waals surface area contributed by atoms with Crippen LogP contribution < -0.4 is 0 Å². The molecule has 0 saturated carbocycles. The molecule has 0 unspecified atom stereocenters. The maximum atomic E-state index is 2.24. The van der Waals surface area contributed by atoms with Crippen molar-refractivity contribution in [3.8, 4) is 0 Å². The molecule has 23 heavy (non-hydrogen) atoms. The summed E-state index contributed by atoms with van der Waals surface area (Å²) in [6.07, 6.45) is 0. The molecule has 1 rings (SSSR count). The average molecular weight is 323 g/mol. The second-order valence-electron chi connectivity index (χ2n) is 5.18. The number of aryl methyl sites for hydroxylation is 1. The fourth-order valence-corrected chi connectivity index (χ4v) is 1.40. The molecule has 3 radical (unpaired) electrons. The monoisotopic (exact) mass is 323 g/mol. The van der Waals surface area contributed by atoms with E-state index in [9.17, 15) is 0 Å². The Hall–Kier alpha value is -0.715. The molecular formula is C22H48B. The third-order valence-corrected chi connectivity index (χ3v) is 2.27. The predicted octanol–water partition coefficient (Wildman–Crippen LogP) is 8.42. The van der Waals surface area contributed by atoms with Crippen molar-refractivity contribution in [2.45, 2.75) is 103 Å². The van der Waals surface area contributed by atoms with Crippen molar-refractivity contribution >= 4 is 8.41 Å². The lowest BCUT2D eigenvalue weighted by Crippen LogP contribution is -1.93. The number of rotatable bonds is 1. The van der Waals surface area contributed by atoms with Gasteiger partial charge in [0.05, 0.1) is 0 Å². The van der Waals surface area contributed by atoms with Crippen LogP contribution in [0.2, 0.25) is 0 Å². The quantitative estimate of drug-likeness (QED) is 0.455. The first-order chi connectivity index (χ1) is 9.86. The van der Waals surface area contributed by atoms with Crippen molar-refractivity contribution in [2.24, 2.45) is 5.92 Å². The molecule has 0 N–H and O–H groups in total. The van der Waals surface area contributed by atoms with Crippen LogP contribution in [0.1, 0.15) is 106 Å². The van der Waals surface area contributed by atoms with Crippen LogP contribution in [-0.2, 0) is 0 Å². The minimum atomic E-state index is 0. The number of hydrogen-bond acceptors (Lipinski definition) is 0. The topological polar surface area (TPSA) is 0 Å². The van der Waals surface area contributed by atoms with Gasteiger partial charge in [-0.25, -0.2) is 0 Å². The average Bonchev–Trinajstić information content (AvgIpc) is 2.47. The SMILES string of the molecule is C.CC.CC.CC.CC(C)C.Cc1cccc(C(C)C)c1C.[B]. The molecule has 1 heteroatoms. The second kappa shape index (κ2) is 29.3. The van der Waals surface area contributed by atoms with E-state index in [0.717, 1.165) is 5.92 Å². The van der Waals surface area contributed by atoms with Gasteiger partial charge in [0.15, 0.2) is 0 Å². The van der Waals surface area contributed by atoms with Gasteiger partial charge in [-0.3, -0.25) is 0 Å². The molecule has 0 aliphatic rings. The van der Waals surface area contributed by atoms with Crippen molar-refractivity contribution < 1.29 is 0 Å². The third-order valence-electron chi connectivity index (χ3n) is 2.27. The molecular weight excluding hydrogens is 275 g/mol. The van der Waals surface area contributed by atoms with Crippen LogP contribution in [-0.4, -0.2) is 8.41 Å². The van der Waals surface area contributed by atoms with Crippen LogP contribution in [0.4, 0.5) is 0 Å². The summed E-state index contributed by atoms with van der Waals surface area (Å²) in [4.78, 5) is 0. The zero-order valence-corrected chi connectivity index (χ0v) is 18.0. The van der Waals surface area contributed by atoms with Gasteiger partial charge in [-0.05, 0) is 42.4 Å². The lowest BCUT2D eigenvalue weighted by Gasteiger charge is -2.10. The van der Waals surface area contributed by atoms with Crippen LogP contribution in [0.15, 0.2) is 18.2 Å². The molecule has 0 aliphatic carbocycles. The maximum Gasteiger partial charge on any atom is 0 e. The highest BCUT2D eigenvalue weighted by molar-refractivity contribution is 5.75. The minimum absolute atomic E-state index is 0. The molecule has 0 aliphatic heterocycles. The van der Waals surface area contributed by atoms with Gasteiger partial charge in [-0.1, -0.05) is 102 Å². The minimum Gasteiger partial charge on any atom is -0.0776 e. The van der Waals surface area contributed by atoms with Crippen molar-refractivity contribution in [1.82, 2.24) is 0 Å².